The number of carboxylic acids is 1. The van der Waals surface area contributed by atoms with Crippen molar-refractivity contribution < 1.29 is 55.7 Å². The van der Waals surface area contributed by atoms with E-state index in [4.69, 9.17) is 31.4 Å². The molecule has 308 valence electrons. The Morgan fingerprint density at radius 2 is 1.67 bits per heavy atom. The van der Waals surface area contributed by atoms with Gasteiger partial charge in [-0.05, 0) is 87.9 Å². The summed E-state index contributed by atoms with van der Waals surface area (Å²) in [5.74, 6) is -2.90. The number of carbonyl (C=O) groups excluding carboxylic acids is 2. The van der Waals surface area contributed by atoms with Gasteiger partial charge in [0.05, 0.1) is 0 Å². The van der Waals surface area contributed by atoms with E-state index in [0.717, 1.165) is 66.7 Å². The lowest BCUT2D eigenvalue weighted by atomic mass is 9.88. The normalized spacial score (nSPS) is 14.7. The third-order valence-corrected chi connectivity index (χ3v) is 8.64. The Hall–Kier alpha value is -4.55. The van der Waals surface area contributed by atoms with E-state index in [1.165, 1.54) is 0 Å². The van der Waals surface area contributed by atoms with E-state index in [1.807, 2.05) is 68.5 Å². The van der Waals surface area contributed by atoms with Crippen molar-refractivity contribution in [2.24, 2.45) is 5.92 Å². The summed E-state index contributed by atoms with van der Waals surface area (Å²) in [6, 6.07) is 12.7. The van der Waals surface area contributed by atoms with Gasteiger partial charge in [0, 0.05) is 53.4 Å². The maximum absolute atomic E-state index is 14.5. The molecule has 1 aromatic heterocycles. The highest BCUT2D eigenvalue weighted by atomic mass is 35.5. The van der Waals surface area contributed by atoms with E-state index >= 15 is 0 Å². The molecule has 0 saturated carbocycles. The molecule has 0 bridgehead atoms. The molecule has 3 atom stereocenters. The maximum Gasteiger partial charge on any atom is 0.490 e. The van der Waals surface area contributed by atoms with Crippen LogP contribution >= 0.6 is 11.6 Å². The number of benzene rings is 2. The van der Waals surface area contributed by atoms with Crippen LogP contribution in [0.5, 0.6) is 0 Å². The molecule has 0 radical (unpaired) electrons. The number of nitrogens with zero attached hydrogens (tertiary/aromatic N) is 3. The number of alkyl halides is 6. The molecule has 2 aromatic carbocycles. The predicted octanol–water partition coefficient (Wildman–Crippen LogP) is 6.60. The van der Waals surface area contributed by atoms with Crippen LogP contribution in [0.3, 0.4) is 0 Å². The highest BCUT2D eigenvalue weighted by Crippen LogP contribution is 2.35. The first-order valence-electron chi connectivity index (χ1n) is 17.2. The van der Waals surface area contributed by atoms with Gasteiger partial charge in [0.15, 0.2) is 0 Å². The zero-order chi connectivity index (χ0) is 41.9. The first-order valence-corrected chi connectivity index (χ1v) is 17.6. The number of fused-ring (bicyclic) bond motifs is 2. The van der Waals surface area contributed by atoms with Crippen LogP contribution in [0, 0.1) is 5.92 Å². The molecule has 1 aliphatic rings. The topological polar surface area (TPSA) is 158 Å². The first-order chi connectivity index (χ1) is 25.8. The van der Waals surface area contributed by atoms with E-state index in [2.05, 4.69) is 45.3 Å². The molecule has 2 unspecified atom stereocenters. The van der Waals surface area contributed by atoms with Gasteiger partial charge in [-0.2, -0.15) is 26.3 Å². The molecule has 5 N–H and O–H groups in total. The number of anilines is 1. The highest BCUT2D eigenvalue weighted by molar-refractivity contribution is 6.30. The van der Waals surface area contributed by atoms with Gasteiger partial charge in [0.1, 0.15) is 6.04 Å². The van der Waals surface area contributed by atoms with E-state index in [-0.39, 0.29) is 30.2 Å². The molecule has 55 heavy (non-hydrogen) atoms. The van der Waals surface area contributed by atoms with E-state index in [9.17, 15) is 35.9 Å². The number of carboxylic acid groups (broad SMARTS) is 2. The minimum Gasteiger partial charge on any atom is -0.483 e. The number of aromatic amines is 1. The number of hydrogen-bond acceptors (Lipinski definition) is 6. The number of nitrogens with one attached hydrogen (secondary N) is 3. The van der Waals surface area contributed by atoms with Gasteiger partial charge in [-0.25, -0.2) is 9.59 Å². The fourth-order valence-electron chi connectivity index (χ4n) is 6.02. The van der Waals surface area contributed by atoms with Crippen molar-refractivity contribution in [1.82, 2.24) is 25.4 Å². The van der Waals surface area contributed by atoms with Crippen LogP contribution in [0.15, 0.2) is 48.7 Å². The molecule has 12 nitrogen and oxygen atoms in total. The van der Waals surface area contributed by atoms with E-state index in [0.29, 0.717) is 18.1 Å². The van der Waals surface area contributed by atoms with Crippen LogP contribution in [-0.2, 0) is 20.8 Å². The Labute approximate surface area is 320 Å². The van der Waals surface area contributed by atoms with Crippen molar-refractivity contribution in [1.29, 1.82) is 0 Å². The Balaban J connectivity index is 0.000000925. The Morgan fingerprint density at radius 1 is 1.09 bits per heavy atom. The number of aromatic nitrogens is 1. The van der Waals surface area contributed by atoms with Gasteiger partial charge in [0.2, 0.25) is 5.91 Å². The summed E-state index contributed by atoms with van der Waals surface area (Å²) >= 11 is 6.38. The summed E-state index contributed by atoms with van der Waals surface area (Å²) in [6.07, 6.45) is -1.43. The molecule has 0 fully saturated rings. The van der Waals surface area contributed by atoms with Crippen molar-refractivity contribution in [2.75, 3.05) is 58.3 Å². The number of para-hydroxylation sites is 1. The van der Waals surface area contributed by atoms with Gasteiger partial charge in [0.25, 0.3) is 6.47 Å². The number of H-pyrrole nitrogens is 1. The number of urea groups is 1. The number of rotatable bonds is 12. The first kappa shape index (κ1) is 48.5. The molecular formula is C36H49ClF6N6O6. The number of amides is 3. The fourth-order valence-corrected chi connectivity index (χ4v) is 6.21. The van der Waals surface area contributed by atoms with Crippen LogP contribution in [0.1, 0.15) is 44.2 Å². The number of halogens is 7. The van der Waals surface area contributed by atoms with Gasteiger partial charge in [-0.1, -0.05) is 50.6 Å². The summed E-state index contributed by atoms with van der Waals surface area (Å²) in [6.45, 7) is 7.24. The molecule has 3 aromatic rings. The fraction of sp³-hybridized carbons (Fsp3) is 0.500. The van der Waals surface area contributed by atoms with Crippen molar-refractivity contribution in [3.8, 4) is 0 Å². The van der Waals surface area contributed by atoms with E-state index in [1.54, 1.807) is 0 Å². The van der Waals surface area contributed by atoms with Crippen LogP contribution < -0.4 is 15.5 Å². The lowest BCUT2D eigenvalue weighted by Gasteiger charge is -2.38. The van der Waals surface area contributed by atoms with Crippen LogP contribution in [0.25, 0.3) is 10.9 Å². The molecule has 1 aliphatic heterocycles. The van der Waals surface area contributed by atoms with Gasteiger partial charge < -0.3 is 40.5 Å². The molecule has 0 aliphatic carbocycles. The molecule has 4 rings (SSSR count). The summed E-state index contributed by atoms with van der Waals surface area (Å²) in [7, 11) is 4.10. The molecule has 3 amide bonds. The van der Waals surface area contributed by atoms with Crippen molar-refractivity contribution in [3.05, 3.63) is 64.8 Å². The third-order valence-electron chi connectivity index (χ3n) is 8.41. The van der Waals surface area contributed by atoms with Crippen molar-refractivity contribution in [2.45, 2.75) is 58.4 Å². The van der Waals surface area contributed by atoms with Crippen LogP contribution in [0.2, 0.25) is 5.02 Å². The monoisotopic (exact) mass is 810 g/mol. The van der Waals surface area contributed by atoms with Crippen molar-refractivity contribution in [3.63, 3.8) is 0 Å². The average Bonchev–Trinajstić information content (AvgIpc) is 3.54. The molecule has 19 heteroatoms. The molecule has 2 heterocycles. The zero-order valence-corrected chi connectivity index (χ0v) is 31.9. The quantitative estimate of drug-likeness (QED) is 0.0778. The van der Waals surface area contributed by atoms with Crippen LogP contribution in [-0.4, -0.2) is 122 Å². The number of aliphatic carboxylic acids is 1. The minimum atomic E-state index is -5.08. The number of hydrogen-bond donors (Lipinski definition) is 5. The molecule has 0 spiro atoms. The second-order valence-corrected chi connectivity index (χ2v) is 13.0. The smallest absolute Gasteiger partial charge is 0.483 e. The maximum atomic E-state index is 14.5. The SMILES string of the molecule is CCN(CC)CCCNC(=O)NC(C(=O)N1C[C@@H](CN(C)C)Cc2cc(Cl)ccc21)C(C)c1c[nH]c2ccccc12.FC(F)F.O=C(O)C(F)(F)F.O=CO. The standard InChI is InChI=1S/C32H45ClN6O2.C2HF3O2.CHF3.CH2O2/c1-6-38(7-2)16-10-15-34-32(41)36-30(22(3)27-19-35-28-12-9-8-11-26(27)28)31(40)39-21-23(20-37(4)5)17-24-18-25(33)13-14-29(24)39;3-2(4,5)1(6)7;2-1(3)4;2-1-3/h8-9,11-14,18-19,22-23,30,35H,6-7,10,15-17,20-21H2,1-5H3,(H2,34,36,41);(H,6,7);1H;1H,(H,2,3)/t22?,23-,30?;;;/m1.../s1. The third kappa shape index (κ3) is 16.8. The second-order valence-electron chi connectivity index (χ2n) is 12.5. The van der Waals surface area contributed by atoms with Crippen molar-refractivity contribution >= 4 is 52.6 Å². The number of carbonyl (C=O) groups is 4. The lowest BCUT2D eigenvalue weighted by Crippen LogP contribution is -2.56. The zero-order valence-electron chi connectivity index (χ0n) is 31.2. The van der Waals surface area contributed by atoms with Gasteiger partial charge >= 0.3 is 24.9 Å². The van der Waals surface area contributed by atoms with Gasteiger partial charge in [-0.15, -0.1) is 0 Å². The van der Waals surface area contributed by atoms with E-state index < -0.39 is 24.9 Å². The van der Waals surface area contributed by atoms with Gasteiger partial charge in [-0.3, -0.25) is 9.59 Å². The molecule has 0 saturated heterocycles. The largest absolute Gasteiger partial charge is 0.490 e. The predicted molar refractivity (Wildman–Crippen MR) is 198 cm³/mol. The Bertz CT molecular complexity index is 1640. The summed E-state index contributed by atoms with van der Waals surface area (Å²) < 4.78 is 60.7. The summed E-state index contributed by atoms with van der Waals surface area (Å²) in [5.41, 5.74) is 3.93. The Morgan fingerprint density at radius 3 is 2.22 bits per heavy atom. The van der Waals surface area contributed by atoms with Crippen LogP contribution in [0.4, 0.5) is 36.8 Å². The Kier molecular flexibility index (Phi) is 21.2. The highest BCUT2D eigenvalue weighted by Gasteiger charge is 2.39. The second kappa shape index (κ2) is 24.1. The molecular weight excluding hydrogens is 762 g/mol. The summed E-state index contributed by atoms with van der Waals surface area (Å²) in [5, 5.41) is 21.8. The minimum absolute atomic E-state index is 0.117. The average molecular weight is 811 g/mol. The lowest BCUT2D eigenvalue weighted by molar-refractivity contribution is -0.192. The summed E-state index contributed by atoms with van der Waals surface area (Å²) in [4.78, 5) is 54.7.